The molecule has 0 atom stereocenters. The average molecular weight is 345 g/mol. The van der Waals surface area contributed by atoms with E-state index in [4.69, 9.17) is 9.94 Å². The molecule has 25 heavy (non-hydrogen) atoms. The van der Waals surface area contributed by atoms with E-state index in [0.29, 0.717) is 18.7 Å². The summed E-state index contributed by atoms with van der Waals surface area (Å²) in [6, 6.07) is 11.2. The van der Waals surface area contributed by atoms with E-state index < -0.39 is 0 Å². The molecular formula is C18H23N3O4. The molecule has 0 saturated heterocycles. The first kappa shape index (κ1) is 18.5. The van der Waals surface area contributed by atoms with Crippen LogP contribution in [0.1, 0.15) is 36.2 Å². The molecule has 1 heterocycles. The zero-order chi connectivity index (χ0) is 18.1. The smallest absolute Gasteiger partial charge is 0.267 e. The van der Waals surface area contributed by atoms with Gasteiger partial charge in [0, 0.05) is 18.7 Å². The van der Waals surface area contributed by atoms with Gasteiger partial charge in [0.05, 0.1) is 7.11 Å². The molecule has 0 aliphatic heterocycles. The third kappa shape index (κ3) is 5.65. The number of benzene rings is 1. The lowest BCUT2D eigenvalue weighted by Gasteiger charge is -2.04. The maximum Gasteiger partial charge on any atom is 0.267 e. The van der Waals surface area contributed by atoms with Crippen molar-refractivity contribution in [2.45, 2.75) is 25.7 Å². The van der Waals surface area contributed by atoms with Crippen molar-refractivity contribution >= 4 is 11.8 Å². The first-order chi connectivity index (χ1) is 12.1. The maximum absolute atomic E-state index is 12.1. The van der Waals surface area contributed by atoms with Crippen LogP contribution in [0.4, 0.5) is 0 Å². The predicted octanol–water partition coefficient (Wildman–Crippen LogP) is 2.49. The highest BCUT2D eigenvalue weighted by Crippen LogP contribution is 2.21. The van der Waals surface area contributed by atoms with Crippen LogP contribution in [0.5, 0.6) is 5.75 Å². The number of rotatable bonds is 9. The summed E-state index contributed by atoms with van der Waals surface area (Å²) < 4.78 is 5.13. The second kappa shape index (κ2) is 9.48. The molecule has 7 heteroatoms. The van der Waals surface area contributed by atoms with Crippen LogP contribution >= 0.6 is 0 Å². The van der Waals surface area contributed by atoms with E-state index in [1.54, 1.807) is 18.7 Å². The van der Waals surface area contributed by atoms with Crippen molar-refractivity contribution < 1.29 is 19.5 Å². The number of aromatic amines is 1. The first-order valence-electron chi connectivity index (χ1n) is 8.18. The van der Waals surface area contributed by atoms with Gasteiger partial charge in [0.25, 0.3) is 5.91 Å². The molecule has 0 saturated carbocycles. The number of carbonyl (C=O) groups excluding carboxylic acids is 2. The van der Waals surface area contributed by atoms with E-state index in [1.165, 1.54) is 0 Å². The van der Waals surface area contributed by atoms with Gasteiger partial charge < -0.3 is 15.0 Å². The third-order valence-corrected chi connectivity index (χ3v) is 3.82. The summed E-state index contributed by atoms with van der Waals surface area (Å²) in [7, 11) is 1.62. The van der Waals surface area contributed by atoms with Crippen molar-refractivity contribution in [2.24, 2.45) is 0 Å². The number of H-pyrrole nitrogens is 1. The summed E-state index contributed by atoms with van der Waals surface area (Å²) in [6.07, 6.45) is 2.53. The number of hydrogen-bond donors (Lipinski definition) is 4. The van der Waals surface area contributed by atoms with Crippen LogP contribution in [0.25, 0.3) is 11.3 Å². The average Bonchev–Trinajstić information content (AvgIpc) is 3.14. The second-order valence-electron chi connectivity index (χ2n) is 5.62. The van der Waals surface area contributed by atoms with Crippen LogP contribution in [-0.4, -0.2) is 35.7 Å². The minimum absolute atomic E-state index is 0.159. The van der Waals surface area contributed by atoms with Crippen molar-refractivity contribution in [3.8, 4) is 17.0 Å². The molecule has 134 valence electrons. The Kier molecular flexibility index (Phi) is 7.03. The fourth-order valence-corrected chi connectivity index (χ4v) is 2.41. The molecule has 7 nitrogen and oxygen atoms in total. The largest absolute Gasteiger partial charge is 0.497 e. The molecular weight excluding hydrogens is 322 g/mol. The maximum atomic E-state index is 12.1. The van der Waals surface area contributed by atoms with Gasteiger partial charge in [-0.2, -0.15) is 0 Å². The Morgan fingerprint density at radius 1 is 1.08 bits per heavy atom. The van der Waals surface area contributed by atoms with Gasteiger partial charge in [-0.05, 0) is 54.8 Å². The van der Waals surface area contributed by atoms with Crippen LogP contribution in [0.15, 0.2) is 36.4 Å². The second-order valence-corrected chi connectivity index (χ2v) is 5.62. The molecule has 1 aromatic heterocycles. The molecule has 0 bridgehead atoms. The molecule has 0 unspecified atom stereocenters. The van der Waals surface area contributed by atoms with E-state index in [9.17, 15) is 9.59 Å². The highest BCUT2D eigenvalue weighted by molar-refractivity contribution is 5.93. The highest BCUT2D eigenvalue weighted by Gasteiger charge is 2.09. The molecule has 0 fully saturated rings. The number of amides is 2. The Hall–Kier alpha value is -2.80. The van der Waals surface area contributed by atoms with Gasteiger partial charge in [0.15, 0.2) is 0 Å². The topological polar surface area (TPSA) is 103 Å². The van der Waals surface area contributed by atoms with Crippen molar-refractivity contribution in [2.75, 3.05) is 13.7 Å². The van der Waals surface area contributed by atoms with Gasteiger partial charge in [-0.3, -0.25) is 14.8 Å². The van der Waals surface area contributed by atoms with Gasteiger partial charge in [-0.1, -0.05) is 6.42 Å². The van der Waals surface area contributed by atoms with E-state index >= 15 is 0 Å². The van der Waals surface area contributed by atoms with Gasteiger partial charge in [-0.15, -0.1) is 0 Å². The van der Waals surface area contributed by atoms with E-state index in [1.807, 2.05) is 30.3 Å². The van der Waals surface area contributed by atoms with E-state index in [2.05, 4.69) is 10.3 Å². The molecule has 2 amide bonds. The van der Waals surface area contributed by atoms with Gasteiger partial charge >= 0.3 is 0 Å². The number of methoxy groups -OCH3 is 1. The number of hydrogen-bond acceptors (Lipinski definition) is 4. The Bertz CT molecular complexity index is 695. The Morgan fingerprint density at radius 3 is 2.52 bits per heavy atom. The molecule has 0 radical (unpaired) electrons. The van der Waals surface area contributed by atoms with Crippen molar-refractivity contribution in [1.29, 1.82) is 0 Å². The van der Waals surface area contributed by atoms with Gasteiger partial charge in [-0.25, -0.2) is 5.48 Å². The summed E-state index contributed by atoms with van der Waals surface area (Å²) in [6.45, 7) is 0.538. The third-order valence-electron chi connectivity index (χ3n) is 3.82. The summed E-state index contributed by atoms with van der Waals surface area (Å²) >= 11 is 0. The molecule has 2 rings (SSSR count). The van der Waals surface area contributed by atoms with E-state index in [-0.39, 0.29) is 18.2 Å². The lowest BCUT2D eigenvalue weighted by molar-refractivity contribution is -0.129. The fraction of sp³-hybridized carbons (Fsp3) is 0.333. The van der Waals surface area contributed by atoms with Crippen molar-refractivity contribution in [1.82, 2.24) is 15.8 Å². The number of aromatic nitrogens is 1. The molecule has 2 aromatic rings. The lowest BCUT2D eigenvalue weighted by Crippen LogP contribution is -2.24. The van der Waals surface area contributed by atoms with Gasteiger partial charge in [0.1, 0.15) is 11.4 Å². The summed E-state index contributed by atoms with van der Waals surface area (Å²) in [5.74, 6) is 0.235. The molecule has 1 aromatic carbocycles. The van der Waals surface area contributed by atoms with Crippen molar-refractivity contribution in [3.63, 3.8) is 0 Å². The Balaban J connectivity index is 1.77. The Morgan fingerprint density at radius 2 is 1.84 bits per heavy atom. The molecule has 0 spiro atoms. The molecule has 4 N–H and O–H groups in total. The molecule has 0 aliphatic rings. The minimum Gasteiger partial charge on any atom is -0.497 e. The SMILES string of the molecule is COc1ccc(-c2ccc(C(=O)NCCCCCC(=O)NO)[nH]2)cc1. The number of ether oxygens (including phenoxy) is 1. The van der Waals surface area contributed by atoms with Crippen LogP contribution in [0.2, 0.25) is 0 Å². The fourth-order valence-electron chi connectivity index (χ4n) is 2.41. The van der Waals surface area contributed by atoms with Crippen LogP contribution in [0, 0.1) is 0 Å². The zero-order valence-corrected chi connectivity index (χ0v) is 14.2. The summed E-state index contributed by atoms with van der Waals surface area (Å²) in [5.41, 5.74) is 3.94. The molecule has 0 aliphatic carbocycles. The quantitative estimate of drug-likeness (QED) is 0.318. The zero-order valence-electron chi connectivity index (χ0n) is 14.2. The van der Waals surface area contributed by atoms with E-state index in [0.717, 1.165) is 29.8 Å². The van der Waals surface area contributed by atoms with Crippen LogP contribution in [-0.2, 0) is 4.79 Å². The highest BCUT2D eigenvalue weighted by atomic mass is 16.5. The number of nitrogens with one attached hydrogen (secondary N) is 3. The first-order valence-corrected chi connectivity index (χ1v) is 8.18. The predicted molar refractivity (Wildman–Crippen MR) is 93.5 cm³/mol. The van der Waals surface area contributed by atoms with Crippen LogP contribution in [0.3, 0.4) is 0 Å². The standard InChI is InChI=1S/C18H23N3O4/c1-25-14-8-6-13(7-9-14)15-10-11-16(20-15)18(23)19-12-4-2-3-5-17(22)21-24/h6-11,20,24H,2-5,12H2,1H3,(H,19,23)(H,21,22). The summed E-state index contributed by atoms with van der Waals surface area (Å²) in [5, 5.41) is 11.2. The van der Waals surface area contributed by atoms with Gasteiger partial charge in [0.2, 0.25) is 5.91 Å². The normalized spacial score (nSPS) is 10.3. The number of hydroxylamine groups is 1. The minimum atomic E-state index is -0.388. The lowest BCUT2D eigenvalue weighted by atomic mass is 10.1. The number of carbonyl (C=O) groups is 2. The Labute approximate surface area is 146 Å². The summed E-state index contributed by atoms with van der Waals surface area (Å²) in [4.78, 5) is 26.1. The number of unbranched alkanes of at least 4 members (excludes halogenated alkanes) is 2. The van der Waals surface area contributed by atoms with Crippen molar-refractivity contribution in [3.05, 3.63) is 42.1 Å². The monoisotopic (exact) mass is 345 g/mol. The van der Waals surface area contributed by atoms with Crippen LogP contribution < -0.4 is 15.5 Å².